The van der Waals surface area contributed by atoms with Gasteiger partial charge in [-0.15, -0.1) is 0 Å². The third-order valence-corrected chi connectivity index (χ3v) is 4.87. The van der Waals surface area contributed by atoms with Crippen molar-refractivity contribution in [2.75, 3.05) is 7.05 Å². The lowest BCUT2D eigenvalue weighted by atomic mass is 10.1. The SMILES string of the molecule is C[C@H](c1cccc([N+](=O)[O-])c1)N(C)Cc1nc2ccccc2c(=O)n1CC(N)=O. The molecule has 0 aliphatic heterocycles. The highest BCUT2D eigenvalue weighted by Crippen LogP contribution is 2.24. The second-order valence-corrected chi connectivity index (χ2v) is 6.85. The van der Waals surface area contributed by atoms with Gasteiger partial charge in [0.1, 0.15) is 12.4 Å². The molecule has 0 saturated carbocycles. The number of carbonyl (C=O) groups excluding carboxylic acids is 1. The van der Waals surface area contributed by atoms with Crippen LogP contribution in [0.1, 0.15) is 24.4 Å². The van der Waals surface area contributed by atoms with Crippen LogP contribution in [-0.4, -0.2) is 32.3 Å². The molecule has 29 heavy (non-hydrogen) atoms. The molecule has 1 aromatic heterocycles. The molecule has 9 nitrogen and oxygen atoms in total. The standard InChI is InChI=1S/C20H21N5O4/c1-13(14-6-5-7-15(10-14)25(28)29)23(2)12-19-22-17-9-4-3-8-16(17)20(27)24(19)11-18(21)26/h3-10,13H,11-12H2,1-2H3,(H2,21,26)/t13-/m1/s1. The first kappa shape index (κ1) is 20.2. The topological polar surface area (TPSA) is 124 Å². The molecule has 0 saturated heterocycles. The van der Waals surface area contributed by atoms with Gasteiger partial charge in [0.05, 0.1) is 22.4 Å². The molecule has 0 unspecified atom stereocenters. The van der Waals surface area contributed by atoms with Crippen LogP contribution in [0.4, 0.5) is 5.69 Å². The van der Waals surface area contributed by atoms with Crippen molar-refractivity contribution in [2.45, 2.75) is 26.1 Å². The number of carbonyl (C=O) groups is 1. The first-order valence-corrected chi connectivity index (χ1v) is 8.99. The summed E-state index contributed by atoms with van der Waals surface area (Å²) in [6.45, 7) is 1.87. The number of nitrogens with two attached hydrogens (primary N) is 1. The number of nitrogens with zero attached hydrogens (tertiary/aromatic N) is 4. The zero-order chi connectivity index (χ0) is 21.1. The number of nitro benzene ring substituents is 1. The van der Waals surface area contributed by atoms with E-state index in [1.165, 1.54) is 16.7 Å². The van der Waals surface area contributed by atoms with E-state index in [1.807, 2.05) is 18.9 Å². The molecule has 9 heteroatoms. The Hall–Kier alpha value is -3.59. The average Bonchev–Trinajstić information content (AvgIpc) is 2.70. The number of non-ortho nitro benzene ring substituents is 1. The van der Waals surface area contributed by atoms with Crippen molar-refractivity contribution in [1.82, 2.24) is 14.5 Å². The van der Waals surface area contributed by atoms with Crippen LogP contribution in [0, 0.1) is 10.1 Å². The molecule has 1 amide bonds. The van der Waals surface area contributed by atoms with Crippen molar-refractivity contribution in [3.63, 3.8) is 0 Å². The van der Waals surface area contributed by atoms with Crippen molar-refractivity contribution in [1.29, 1.82) is 0 Å². The first-order chi connectivity index (χ1) is 13.8. The Labute approximate surface area is 166 Å². The number of hydrogen-bond donors (Lipinski definition) is 1. The summed E-state index contributed by atoms with van der Waals surface area (Å²) in [7, 11) is 1.82. The van der Waals surface area contributed by atoms with Crippen LogP contribution in [0.25, 0.3) is 10.9 Å². The Bertz CT molecular complexity index is 1140. The highest BCUT2D eigenvalue weighted by molar-refractivity contribution is 5.78. The maximum Gasteiger partial charge on any atom is 0.269 e. The number of primary amides is 1. The third-order valence-electron chi connectivity index (χ3n) is 4.87. The van der Waals surface area contributed by atoms with Gasteiger partial charge in [0.25, 0.3) is 11.2 Å². The van der Waals surface area contributed by atoms with Gasteiger partial charge in [-0.3, -0.25) is 29.2 Å². The molecule has 0 fully saturated rings. The quantitative estimate of drug-likeness (QED) is 0.482. The van der Waals surface area contributed by atoms with E-state index >= 15 is 0 Å². The average molecular weight is 395 g/mol. The number of fused-ring (bicyclic) bond motifs is 1. The Morgan fingerprint density at radius 3 is 2.69 bits per heavy atom. The van der Waals surface area contributed by atoms with Crippen molar-refractivity contribution >= 4 is 22.5 Å². The van der Waals surface area contributed by atoms with Gasteiger partial charge in [0.15, 0.2) is 0 Å². The van der Waals surface area contributed by atoms with Crippen LogP contribution in [0.3, 0.4) is 0 Å². The van der Waals surface area contributed by atoms with Gasteiger partial charge in [-0.25, -0.2) is 4.98 Å². The molecule has 0 spiro atoms. The zero-order valence-corrected chi connectivity index (χ0v) is 16.1. The van der Waals surface area contributed by atoms with Gasteiger partial charge < -0.3 is 5.73 Å². The molecule has 0 bridgehead atoms. The lowest BCUT2D eigenvalue weighted by Gasteiger charge is -2.26. The molecule has 0 radical (unpaired) electrons. The largest absolute Gasteiger partial charge is 0.368 e. The second-order valence-electron chi connectivity index (χ2n) is 6.85. The summed E-state index contributed by atoms with van der Waals surface area (Å²) in [6.07, 6.45) is 0. The Balaban J connectivity index is 1.98. The third kappa shape index (κ3) is 4.30. The van der Waals surface area contributed by atoms with Crippen molar-refractivity contribution in [2.24, 2.45) is 5.73 Å². The van der Waals surface area contributed by atoms with E-state index in [0.29, 0.717) is 16.7 Å². The molecule has 1 heterocycles. The van der Waals surface area contributed by atoms with Crippen molar-refractivity contribution in [3.8, 4) is 0 Å². The van der Waals surface area contributed by atoms with Gasteiger partial charge in [-0.05, 0) is 31.7 Å². The van der Waals surface area contributed by atoms with Gasteiger partial charge >= 0.3 is 0 Å². The number of nitro groups is 1. The van der Waals surface area contributed by atoms with Crippen LogP contribution >= 0.6 is 0 Å². The number of rotatable bonds is 7. The van der Waals surface area contributed by atoms with E-state index in [4.69, 9.17) is 5.73 Å². The molecular formula is C20H21N5O4. The van der Waals surface area contributed by atoms with E-state index in [0.717, 1.165) is 5.56 Å². The van der Waals surface area contributed by atoms with Crippen molar-refractivity contribution in [3.05, 3.63) is 80.4 Å². The molecular weight excluding hydrogens is 374 g/mol. The molecule has 0 aliphatic rings. The number of para-hydroxylation sites is 1. The number of benzene rings is 2. The van der Waals surface area contributed by atoms with E-state index in [2.05, 4.69) is 4.98 Å². The van der Waals surface area contributed by atoms with Gasteiger partial charge in [0, 0.05) is 18.2 Å². The smallest absolute Gasteiger partial charge is 0.269 e. The molecule has 3 rings (SSSR count). The van der Waals surface area contributed by atoms with Gasteiger partial charge in [-0.1, -0.05) is 24.3 Å². The number of amides is 1. The monoisotopic (exact) mass is 395 g/mol. The molecule has 1 atom stereocenters. The van der Waals surface area contributed by atoms with Gasteiger partial charge in [-0.2, -0.15) is 0 Å². The predicted molar refractivity (Wildman–Crippen MR) is 108 cm³/mol. The molecule has 2 N–H and O–H groups in total. The van der Waals surface area contributed by atoms with E-state index in [-0.39, 0.29) is 30.4 Å². The van der Waals surface area contributed by atoms with Crippen LogP contribution in [0.15, 0.2) is 53.3 Å². The van der Waals surface area contributed by atoms with Crippen LogP contribution in [0.2, 0.25) is 0 Å². The van der Waals surface area contributed by atoms with E-state index in [1.54, 1.807) is 36.4 Å². The molecule has 2 aromatic carbocycles. The summed E-state index contributed by atoms with van der Waals surface area (Å²) >= 11 is 0. The van der Waals surface area contributed by atoms with Crippen LogP contribution in [-0.2, 0) is 17.9 Å². The highest BCUT2D eigenvalue weighted by atomic mass is 16.6. The Morgan fingerprint density at radius 1 is 1.28 bits per heavy atom. The number of hydrogen-bond acceptors (Lipinski definition) is 6. The highest BCUT2D eigenvalue weighted by Gasteiger charge is 2.19. The summed E-state index contributed by atoms with van der Waals surface area (Å²) < 4.78 is 1.28. The van der Waals surface area contributed by atoms with E-state index < -0.39 is 10.8 Å². The summed E-state index contributed by atoms with van der Waals surface area (Å²) in [5, 5.41) is 11.5. The summed E-state index contributed by atoms with van der Waals surface area (Å²) in [5.41, 5.74) is 6.30. The minimum atomic E-state index is -0.639. The predicted octanol–water partition coefficient (Wildman–Crippen LogP) is 1.98. The normalized spacial score (nSPS) is 12.2. The first-order valence-electron chi connectivity index (χ1n) is 8.99. The Morgan fingerprint density at radius 2 is 2.00 bits per heavy atom. The molecule has 0 aliphatic carbocycles. The van der Waals surface area contributed by atoms with Gasteiger partial charge in [0.2, 0.25) is 5.91 Å². The van der Waals surface area contributed by atoms with Crippen LogP contribution in [0.5, 0.6) is 0 Å². The minimum Gasteiger partial charge on any atom is -0.368 e. The Kier molecular flexibility index (Phi) is 5.69. The van der Waals surface area contributed by atoms with Crippen LogP contribution < -0.4 is 11.3 Å². The summed E-state index contributed by atoms with van der Waals surface area (Å²) in [4.78, 5) is 41.4. The fraction of sp³-hybridized carbons (Fsp3) is 0.250. The van der Waals surface area contributed by atoms with E-state index in [9.17, 15) is 19.7 Å². The molecule has 3 aromatic rings. The summed E-state index contributed by atoms with van der Waals surface area (Å²) in [5.74, 6) is -0.243. The second kappa shape index (κ2) is 8.19. The lowest BCUT2D eigenvalue weighted by molar-refractivity contribution is -0.384. The molecule has 150 valence electrons. The maximum atomic E-state index is 12.8. The summed E-state index contributed by atoms with van der Waals surface area (Å²) in [6, 6.07) is 13.1. The fourth-order valence-corrected chi connectivity index (χ4v) is 3.17. The minimum absolute atomic E-state index is 0.0113. The van der Waals surface area contributed by atoms with Crippen molar-refractivity contribution < 1.29 is 9.72 Å². The number of aromatic nitrogens is 2. The lowest BCUT2D eigenvalue weighted by Crippen LogP contribution is -2.34. The maximum absolute atomic E-state index is 12.8. The zero-order valence-electron chi connectivity index (χ0n) is 16.1. The fourth-order valence-electron chi connectivity index (χ4n) is 3.17.